The molecular formula is C20H24N2O2. The van der Waals surface area contributed by atoms with Gasteiger partial charge in [-0.25, -0.2) is 0 Å². The average Bonchev–Trinajstić information content (AvgIpc) is 2.65. The van der Waals surface area contributed by atoms with Gasteiger partial charge in [0.05, 0.1) is 0 Å². The molecule has 0 saturated heterocycles. The van der Waals surface area contributed by atoms with Gasteiger partial charge in [-0.05, 0) is 24.0 Å². The zero-order chi connectivity index (χ0) is 17.0. The van der Waals surface area contributed by atoms with Crippen molar-refractivity contribution in [1.82, 2.24) is 0 Å². The Morgan fingerprint density at radius 2 is 1.04 bits per heavy atom. The first kappa shape index (κ1) is 17.7. The van der Waals surface area contributed by atoms with Gasteiger partial charge in [-0.15, -0.1) is 0 Å². The molecular weight excluding hydrogens is 300 g/mol. The van der Waals surface area contributed by atoms with E-state index in [1.54, 1.807) is 0 Å². The zero-order valence-electron chi connectivity index (χ0n) is 14.3. The van der Waals surface area contributed by atoms with Crippen LogP contribution in [0.25, 0.3) is 0 Å². The van der Waals surface area contributed by atoms with Gasteiger partial charge in [-0.3, -0.25) is 0 Å². The molecule has 0 bridgehead atoms. The highest BCUT2D eigenvalue weighted by molar-refractivity contribution is 6.41. The molecule has 0 saturated carbocycles. The van der Waals surface area contributed by atoms with Crippen LogP contribution >= 0.6 is 0 Å². The van der Waals surface area contributed by atoms with Crippen molar-refractivity contribution >= 4 is 11.4 Å². The Morgan fingerprint density at radius 1 is 0.667 bits per heavy atom. The molecule has 2 aromatic rings. The minimum absolute atomic E-state index is 0.451. The van der Waals surface area contributed by atoms with Crippen LogP contribution in [0.4, 0.5) is 0 Å². The van der Waals surface area contributed by atoms with Crippen LogP contribution in [0.5, 0.6) is 0 Å². The average molecular weight is 324 g/mol. The van der Waals surface area contributed by atoms with Crippen molar-refractivity contribution in [2.24, 2.45) is 10.3 Å². The van der Waals surface area contributed by atoms with Crippen LogP contribution in [0, 0.1) is 0 Å². The Bertz CT molecular complexity index is 592. The summed E-state index contributed by atoms with van der Waals surface area (Å²) < 4.78 is 0. The fourth-order valence-electron chi connectivity index (χ4n) is 2.16. The molecule has 0 N–H and O–H groups in total. The first-order valence-corrected chi connectivity index (χ1v) is 8.29. The van der Waals surface area contributed by atoms with Crippen LogP contribution in [0.2, 0.25) is 0 Å². The monoisotopic (exact) mass is 324 g/mol. The molecule has 126 valence electrons. The Morgan fingerprint density at radius 3 is 1.38 bits per heavy atom. The predicted octanol–water partition coefficient (Wildman–Crippen LogP) is 4.95. The summed E-state index contributed by atoms with van der Waals surface area (Å²) in [6, 6.07) is 20.0. The molecule has 0 amide bonds. The van der Waals surface area contributed by atoms with E-state index < -0.39 is 0 Å². The van der Waals surface area contributed by atoms with Crippen molar-refractivity contribution in [3.05, 3.63) is 71.8 Å². The second-order valence-electron chi connectivity index (χ2n) is 5.30. The summed E-state index contributed by atoms with van der Waals surface area (Å²) in [5, 5.41) is 8.48. The van der Waals surface area contributed by atoms with Crippen molar-refractivity contribution in [1.29, 1.82) is 0 Å². The van der Waals surface area contributed by atoms with Crippen molar-refractivity contribution in [3.8, 4) is 0 Å². The molecule has 0 aliphatic carbocycles. The van der Waals surface area contributed by atoms with Gasteiger partial charge in [0.1, 0.15) is 24.6 Å². The quantitative estimate of drug-likeness (QED) is 0.484. The van der Waals surface area contributed by atoms with Crippen molar-refractivity contribution in [2.75, 3.05) is 0 Å². The second kappa shape index (κ2) is 10.2. The number of benzene rings is 2. The molecule has 0 aliphatic heterocycles. The van der Waals surface area contributed by atoms with E-state index in [1.165, 1.54) is 0 Å². The minimum Gasteiger partial charge on any atom is -0.391 e. The Labute approximate surface area is 143 Å². The summed E-state index contributed by atoms with van der Waals surface area (Å²) in [5.74, 6) is 0. The SMILES string of the molecule is CCC(=NOCc1ccccc1)C(CC)=NOCc1ccccc1. The lowest BCUT2D eigenvalue weighted by Crippen LogP contribution is -2.13. The number of rotatable bonds is 9. The van der Waals surface area contributed by atoms with Crippen LogP contribution in [0.1, 0.15) is 37.8 Å². The summed E-state index contributed by atoms with van der Waals surface area (Å²) in [5.41, 5.74) is 3.82. The highest BCUT2D eigenvalue weighted by atomic mass is 16.6. The maximum Gasteiger partial charge on any atom is 0.142 e. The van der Waals surface area contributed by atoms with Crippen LogP contribution in [-0.4, -0.2) is 11.4 Å². The van der Waals surface area contributed by atoms with Gasteiger partial charge in [0.2, 0.25) is 0 Å². The van der Waals surface area contributed by atoms with E-state index >= 15 is 0 Å². The highest BCUT2D eigenvalue weighted by Gasteiger charge is 2.07. The van der Waals surface area contributed by atoms with E-state index in [0.29, 0.717) is 13.2 Å². The summed E-state index contributed by atoms with van der Waals surface area (Å²) in [7, 11) is 0. The molecule has 0 aliphatic rings. The second-order valence-corrected chi connectivity index (χ2v) is 5.30. The summed E-state index contributed by atoms with van der Waals surface area (Å²) in [6.45, 7) is 4.97. The van der Waals surface area contributed by atoms with E-state index in [4.69, 9.17) is 9.68 Å². The minimum atomic E-state index is 0.451. The molecule has 0 fully saturated rings. The molecule has 4 nitrogen and oxygen atoms in total. The maximum atomic E-state index is 5.47. The molecule has 24 heavy (non-hydrogen) atoms. The van der Waals surface area contributed by atoms with E-state index in [-0.39, 0.29) is 0 Å². The Balaban J connectivity index is 1.92. The lowest BCUT2D eigenvalue weighted by molar-refractivity contribution is 0.126. The Kier molecular flexibility index (Phi) is 7.54. The fourth-order valence-corrected chi connectivity index (χ4v) is 2.16. The predicted molar refractivity (Wildman–Crippen MR) is 97.9 cm³/mol. The van der Waals surface area contributed by atoms with Gasteiger partial charge >= 0.3 is 0 Å². The largest absolute Gasteiger partial charge is 0.391 e. The number of nitrogens with zero attached hydrogens (tertiary/aromatic N) is 2. The van der Waals surface area contributed by atoms with Gasteiger partial charge in [-0.1, -0.05) is 84.8 Å². The van der Waals surface area contributed by atoms with Gasteiger partial charge < -0.3 is 9.68 Å². The van der Waals surface area contributed by atoms with Gasteiger partial charge in [0, 0.05) is 0 Å². The first-order valence-electron chi connectivity index (χ1n) is 8.29. The van der Waals surface area contributed by atoms with E-state index in [1.807, 2.05) is 74.5 Å². The topological polar surface area (TPSA) is 43.2 Å². The van der Waals surface area contributed by atoms with E-state index in [0.717, 1.165) is 35.4 Å². The summed E-state index contributed by atoms with van der Waals surface area (Å²) in [4.78, 5) is 10.9. The number of hydrogen-bond acceptors (Lipinski definition) is 4. The molecule has 0 radical (unpaired) electrons. The molecule has 0 spiro atoms. The zero-order valence-corrected chi connectivity index (χ0v) is 14.3. The van der Waals surface area contributed by atoms with E-state index in [2.05, 4.69) is 10.3 Å². The summed E-state index contributed by atoms with van der Waals surface area (Å²) in [6.07, 6.45) is 1.49. The molecule has 2 rings (SSSR count). The third kappa shape index (κ3) is 5.88. The smallest absolute Gasteiger partial charge is 0.142 e. The third-order valence-corrected chi connectivity index (χ3v) is 3.50. The van der Waals surface area contributed by atoms with Crippen molar-refractivity contribution in [2.45, 2.75) is 39.9 Å². The number of hydrogen-bond donors (Lipinski definition) is 0. The van der Waals surface area contributed by atoms with Crippen molar-refractivity contribution in [3.63, 3.8) is 0 Å². The molecule has 4 heteroatoms. The van der Waals surface area contributed by atoms with Crippen molar-refractivity contribution < 1.29 is 9.68 Å². The standard InChI is InChI=1S/C20H24N2O2/c1-3-19(21-23-15-17-11-7-5-8-12-17)20(4-2)22-24-16-18-13-9-6-10-14-18/h5-14H,3-4,15-16H2,1-2H3. The normalized spacial score (nSPS) is 12.1. The first-order chi connectivity index (χ1) is 11.8. The fraction of sp³-hybridized carbons (Fsp3) is 0.300. The number of oxime groups is 2. The molecule has 0 heterocycles. The van der Waals surface area contributed by atoms with Crippen LogP contribution in [-0.2, 0) is 22.9 Å². The van der Waals surface area contributed by atoms with Gasteiger partial charge in [0.15, 0.2) is 0 Å². The van der Waals surface area contributed by atoms with Gasteiger partial charge in [0.25, 0.3) is 0 Å². The lowest BCUT2D eigenvalue weighted by Gasteiger charge is -2.07. The third-order valence-electron chi connectivity index (χ3n) is 3.50. The molecule has 0 unspecified atom stereocenters. The Hall–Kier alpha value is -2.62. The van der Waals surface area contributed by atoms with Crippen LogP contribution < -0.4 is 0 Å². The van der Waals surface area contributed by atoms with Crippen LogP contribution in [0.15, 0.2) is 71.0 Å². The highest BCUT2D eigenvalue weighted by Crippen LogP contribution is 2.05. The maximum absolute atomic E-state index is 5.47. The molecule has 2 aromatic carbocycles. The lowest BCUT2D eigenvalue weighted by atomic mass is 10.1. The molecule has 0 aromatic heterocycles. The van der Waals surface area contributed by atoms with E-state index in [9.17, 15) is 0 Å². The van der Waals surface area contributed by atoms with Gasteiger partial charge in [-0.2, -0.15) is 0 Å². The summed E-state index contributed by atoms with van der Waals surface area (Å²) >= 11 is 0. The molecule has 0 atom stereocenters. The van der Waals surface area contributed by atoms with Crippen LogP contribution in [0.3, 0.4) is 0 Å².